The molecule has 4 aromatic heterocycles. The summed E-state index contributed by atoms with van der Waals surface area (Å²) in [5, 5.41) is 4.50. The second kappa shape index (κ2) is 13.0. The van der Waals surface area contributed by atoms with Gasteiger partial charge in [0, 0.05) is 55.8 Å². The van der Waals surface area contributed by atoms with E-state index >= 15 is 0 Å². The van der Waals surface area contributed by atoms with Gasteiger partial charge in [-0.1, -0.05) is 127 Å². The Kier molecular flexibility index (Phi) is 7.38. The van der Waals surface area contributed by atoms with E-state index in [1.165, 1.54) is 16.2 Å². The maximum Gasteiger partial charge on any atom is 0.180 e. The van der Waals surface area contributed by atoms with Crippen molar-refractivity contribution in [1.82, 2.24) is 29.1 Å². The Morgan fingerprint density at radius 1 is 0.357 bits per heavy atom. The highest BCUT2D eigenvalue weighted by Gasteiger charge is 2.19. The monoisotopic (exact) mass is 716 g/mol. The molecular formula is C50H32N6. The molecule has 0 N–H and O–H groups in total. The van der Waals surface area contributed by atoms with Crippen LogP contribution in [-0.4, -0.2) is 29.1 Å². The van der Waals surface area contributed by atoms with Gasteiger partial charge in [-0.25, -0.2) is 19.9 Å². The molecule has 0 unspecified atom stereocenters. The van der Waals surface area contributed by atoms with Crippen LogP contribution in [0.1, 0.15) is 0 Å². The van der Waals surface area contributed by atoms with Gasteiger partial charge < -0.3 is 9.13 Å². The van der Waals surface area contributed by atoms with Crippen LogP contribution in [0.2, 0.25) is 0 Å². The summed E-state index contributed by atoms with van der Waals surface area (Å²) in [5.41, 5.74) is 11.7. The lowest BCUT2D eigenvalue weighted by molar-refractivity contribution is 1.12. The minimum atomic E-state index is 0.550. The second-order valence-corrected chi connectivity index (χ2v) is 14.0. The van der Waals surface area contributed by atoms with Crippen LogP contribution in [-0.2, 0) is 0 Å². The quantitative estimate of drug-likeness (QED) is 0.172. The Balaban J connectivity index is 1.11. The Morgan fingerprint density at radius 2 is 0.982 bits per heavy atom. The van der Waals surface area contributed by atoms with E-state index in [0.29, 0.717) is 17.3 Å². The van der Waals surface area contributed by atoms with Crippen molar-refractivity contribution in [2.75, 3.05) is 0 Å². The molecule has 0 aliphatic heterocycles. The molecule has 6 nitrogen and oxygen atoms in total. The smallest absolute Gasteiger partial charge is 0.180 e. The van der Waals surface area contributed by atoms with Crippen molar-refractivity contribution >= 4 is 43.6 Å². The molecule has 6 heteroatoms. The number of hydrogen-bond donors (Lipinski definition) is 0. The number of hydrogen-bond acceptors (Lipinski definition) is 4. The van der Waals surface area contributed by atoms with Crippen LogP contribution in [0.3, 0.4) is 0 Å². The third kappa shape index (κ3) is 5.35. The van der Waals surface area contributed by atoms with E-state index in [0.717, 1.165) is 66.9 Å². The van der Waals surface area contributed by atoms with Gasteiger partial charge in [-0.3, -0.25) is 0 Å². The first-order valence-electron chi connectivity index (χ1n) is 18.7. The molecule has 11 aromatic rings. The van der Waals surface area contributed by atoms with Crippen LogP contribution in [0.4, 0.5) is 0 Å². The standard InChI is InChI=1S/C50H32N6/c1-4-15-33(16-5-1)43-31-44(34-17-6-2-7-18-34)53-50(52-43)48-40-24-10-12-25-42(40)51-49(54-48)36-19-14-22-38(29-36)56-45-26-13-11-23-39(45)41-30-35-27-28-55(46(35)32-47(41)56)37-20-8-3-9-21-37/h1-32H. The second-order valence-electron chi connectivity index (χ2n) is 14.0. The summed E-state index contributed by atoms with van der Waals surface area (Å²) in [6.45, 7) is 0. The predicted molar refractivity (Wildman–Crippen MR) is 228 cm³/mol. The molecule has 0 fully saturated rings. The minimum absolute atomic E-state index is 0.550. The van der Waals surface area contributed by atoms with Crippen molar-refractivity contribution in [2.24, 2.45) is 0 Å². The first-order chi connectivity index (χ1) is 27.7. The Bertz CT molecular complexity index is 3180. The van der Waals surface area contributed by atoms with E-state index in [9.17, 15) is 0 Å². The maximum atomic E-state index is 5.29. The van der Waals surface area contributed by atoms with Gasteiger partial charge in [0.25, 0.3) is 0 Å². The van der Waals surface area contributed by atoms with Crippen molar-refractivity contribution in [1.29, 1.82) is 0 Å². The van der Waals surface area contributed by atoms with E-state index in [1.807, 2.05) is 54.6 Å². The fourth-order valence-corrected chi connectivity index (χ4v) is 7.92. The third-order valence-corrected chi connectivity index (χ3v) is 10.6. The number of benzene rings is 7. The molecular weight excluding hydrogens is 685 g/mol. The maximum absolute atomic E-state index is 5.29. The van der Waals surface area contributed by atoms with Gasteiger partial charge in [-0.15, -0.1) is 0 Å². The molecule has 0 radical (unpaired) electrons. The highest BCUT2D eigenvalue weighted by Crippen LogP contribution is 2.37. The summed E-state index contributed by atoms with van der Waals surface area (Å²) in [7, 11) is 0. The summed E-state index contributed by atoms with van der Waals surface area (Å²) in [4.78, 5) is 20.7. The molecule has 0 bridgehead atoms. The van der Waals surface area contributed by atoms with Gasteiger partial charge in [0.2, 0.25) is 0 Å². The fourth-order valence-electron chi connectivity index (χ4n) is 7.92. The van der Waals surface area contributed by atoms with Crippen LogP contribution in [0, 0.1) is 0 Å². The van der Waals surface area contributed by atoms with Crippen molar-refractivity contribution in [2.45, 2.75) is 0 Å². The van der Waals surface area contributed by atoms with E-state index in [-0.39, 0.29) is 0 Å². The van der Waals surface area contributed by atoms with E-state index < -0.39 is 0 Å². The molecule has 0 aliphatic rings. The Labute approximate surface area is 322 Å². The van der Waals surface area contributed by atoms with Crippen molar-refractivity contribution in [3.05, 3.63) is 194 Å². The molecule has 0 aliphatic carbocycles. The lowest BCUT2D eigenvalue weighted by Gasteiger charge is -2.13. The van der Waals surface area contributed by atoms with Crippen LogP contribution >= 0.6 is 0 Å². The highest BCUT2D eigenvalue weighted by molar-refractivity contribution is 6.13. The summed E-state index contributed by atoms with van der Waals surface area (Å²) < 4.78 is 4.62. The minimum Gasteiger partial charge on any atom is -0.316 e. The predicted octanol–water partition coefficient (Wildman–Crippen LogP) is 12.1. The van der Waals surface area contributed by atoms with Gasteiger partial charge in [-0.05, 0) is 60.7 Å². The van der Waals surface area contributed by atoms with Crippen LogP contribution in [0.5, 0.6) is 0 Å². The van der Waals surface area contributed by atoms with Crippen LogP contribution in [0.15, 0.2) is 194 Å². The fraction of sp³-hybridized carbons (Fsp3) is 0. The van der Waals surface area contributed by atoms with E-state index in [2.05, 4.69) is 149 Å². The van der Waals surface area contributed by atoms with Gasteiger partial charge >= 0.3 is 0 Å². The molecule has 7 aromatic carbocycles. The van der Waals surface area contributed by atoms with Crippen LogP contribution < -0.4 is 0 Å². The molecule has 4 heterocycles. The summed E-state index contributed by atoms with van der Waals surface area (Å²) in [6, 6.07) is 65.2. The normalized spacial score (nSPS) is 11.6. The molecule has 0 atom stereocenters. The van der Waals surface area contributed by atoms with Gasteiger partial charge in [-0.2, -0.15) is 0 Å². The SMILES string of the molecule is c1ccc(-c2cc(-c3ccccc3)nc(-c3nc(-c4cccc(-n5c6ccccc6c6cc7ccn(-c8ccccc8)c7cc65)c4)nc4ccccc34)n2)cc1. The van der Waals surface area contributed by atoms with E-state index in [1.54, 1.807) is 0 Å². The summed E-state index contributed by atoms with van der Waals surface area (Å²) in [6.07, 6.45) is 2.16. The Hall–Kier alpha value is -7.70. The molecule has 56 heavy (non-hydrogen) atoms. The number of nitrogens with zero attached hydrogens (tertiary/aromatic N) is 6. The van der Waals surface area contributed by atoms with Crippen molar-refractivity contribution < 1.29 is 0 Å². The molecule has 0 spiro atoms. The van der Waals surface area contributed by atoms with Crippen molar-refractivity contribution in [3.63, 3.8) is 0 Å². The van der Waals surface area contributed by atoms with Crippen molar-refractivity contribution in [3.8, 4) is 56.8 Å². The molecule has 0 amide bonds. The summed E-state index contributed by atoms with van der Waals surface area (Å²) >= 11 is 0. The topological polar surface area (TPSA) is 61.4 Å². The lowest BCUT2D eigenvalue weighted by atomic mass is 10.1. The average Bonchev–Trinajstić information content (AvgIpc) is 3.84. The number of para-hydroxylation sites is 3. The molecule has 11 rings (SSSR count). The van der Waals surface area contributed by atoms with E-state index in [4.69, 9.17) is 19.9 Å². The van der Waals surface area contributed by atoms with Gasteiger partial charge in [0.15, 0.2) is 11.6 Å². The zero-order chi connectivity index (χ0) is 37.0. The Morgan fingerprint density at radius 3 is 1.73 bits per heavy atom. The molecule has 262 valence electrons. The first-order valence-corrected chi connectivity index (χ1v) is 18.7. The zero-order valence-corrected chi connectivity index (χ0v) is 30.2. The lowest BCUT2D eigenvalue weighted by Crippen LogP contribution is -2.01. The summed E-state index contributed by atoms with van der Waals surface area (Å²) in [5.74, 6) is 1.16. The molecule has 0 saturated carbocycles. The van der Waals surface area contributed by atoms with Gasteiger partial charge in [0.05, 0.1) is 33.5 Å². The zero-order valence-electron chi connectivity index (χ0n) is 30.2. The average molecular weight is 717 g/mol. The number of rotatable bonds is 6. The highest BCUT2D eigenvalue weighted by atomic mass is 15.0. The largest absolute Gasteiger partial charge is 0.316 e. The molecule has 0 saturated heterocycles. The number of fused-ring (bicyclic) bond motifs is 5. The number of aromatic nitrogens is 6. The first kappa shape index (κ1) is 31.8. The van der Waals surface area contributed by atoms with Crippen LogP contribution in [0.25, 0.3) is 100 Å². The third-order valence-electron chi connectivity index (χ3n) is 10.6. The van der Waals surface area contributed by atoms with Gasteiger partial charge in [0.1, 0.15) is 5.69 Å².